The van der Waals surface area contributed by atoms with Crippen molar-refractivity contribution in [3.8, 4) is 0 Å². The van der Waals surface area contributed by atoms with E-state index in [9.17, 15) is 14.4 Å². The van der Waals surface area contributed by atoms with E-state index in [1.165, 1.54) is 9.80 Å². The Morgan fingerprint density at radius 3 is 2.56 bits per heavy atom. The molecule has 0 radical (unpaired) electrons. The Balaban J connectivity index is 1.48. The van der Waals surface area contributed by atoms with Crippen molar-refractivity contribution in [2.24, 2.45) is 0 Å². The molecule has 1 atom stereocenters. The Kier molecular flexibility index (Phi) is 5.10. The highest BCUT2D eigenvalue weighted by molar-refractivity contribution is 6.29. The second-order valence-corrected chi connectivity index (χ2v) is 7.86. The van der Waals surface area contributed by atoms with Crippen LogP contribution in [0.5, 0.6) is 0 Å². The molecule has 10 heteroatoms. The number of nitrogens with zero attached hydrogens (tertiary/aromatic N) is 5. The van der Waals surface area contributed by atoms with Gasteiger partial charge in [-0.05, 0) is 30.3 Å². The maximum atomic E-state index is 13.2. The standard InChI is InChI=1S/C22H18ClN5O4/c23-17-7-5-14-6-8-18(25-19(14)24-17)28-20(30)15-3-1-2-4-16(15)21(28)32-22(31)27-11-9-26(13-29)10-12-27/h1-8,13,21H,9-12H2. The number of fused-ring (bicyclic) bond motifs is 2. The number of piperazine rings is 1. The van der Waals surface area contributed by atoms with Crippen LogP contribution in [0.2, 0.25) is 5.15 Å². The maximum absolute atomic E-state index is 13.2. The van der Waals surface area contributed by atoms with E-state index in [0.29, 0.717) is 48.8 Å². The zero-order valence-corrected chi connectivity index (χ0v) is 17.6. The summed E-state index contributed by atoms with van der Waals surface area (Å²) < 4.78 is 5.82. The molecule has 1 saturated heterocycles. The number of ether oxygens (including phenoxy) is 1. The molecule has 1 unspecified atom stereocenters. The summed E-state index contributed by atoms with van der Waals surface area (Å²) in [5, 5.41) is 1.06. The molecular formula is C22H18ClN5O4. The molecule has 3 amide bonds. The zero-order valence-electron chi connectivity index (χ0n) is 16.8. The number of hydrogen-bond acceptors (Lipinski definition) is 6. The van der Waals surface area contributed by atoms with Gasteiger partial charge in [0.05, 0.1) is 0 Å². The molecule has 0 saturated carbocycles. The molecule has 1 aromatic carbocycles. The quantitative estimate of drug-likeness (QED) is 0.449. The minimum atomic E-state index is -0.973. The van der Waals surface area contributed by atoms with Gasteiger partial charge in [0.2, 0.25) is 12.6 Å². The highest BCUT2D eigenvalue weighted by atomic mass is 35.5. The molecule has 4 heterocycles. The minimum absolute atomic E-state index is 0.288. The van der Waals surface area contributed by atoms with Crippen molar-refractivity contribution in [1.82, 2.24) is 19.8 Å². The fraction of sp³-hybridized carbons (Fsp3) is 0.227. The van der Waals surface area contributed by atoms with Crippen molar-refractivity contribution in [3.05, 3.63) is 64.8 Å². The number of carbonyl (C=O) groups is 3. The van der Waals surface area contributed by atoms with Crippen molar-refractivity contribution in [2.75, 3.05) is 31.1 Å². The highest BCUT2D eigenvalue weighted by Gasteiger charge is 2.42. The predicted molar refractivity (Wildman–Crippen MR) is 116 cm³/mol. The first-order valence-corrected chi connectivity index (χ1v) is 10.4. The van der Waals surface area contributed by atoms with E-state index in [1.54, 1.807) is 53.4 Å². The molecule has 5 rings (SSSR count). The van der Waals surface area contributed by atoms with Crippen LogP contribution in [0, 0.1) is 0 Å². The molecule has 0 spiro atoms. The van der Waals surface area contributed by atoms with Gasteiger partial charge in [-0.3, -0.25) is 14.5 Å². The predicted octanol–water partition coefficient (Wildman–Crippen LogP) is 2.85. The summed E-state index contributed by atoms with van der Waals surface area (Å²) in [6, 6.07) is 13.9. The summed E-state index contributed by atoms with van der Waals surface area (Å²) in [5.74, 6) is -0.0184. The molecule has 0 aliphatic carbocycles. The number of rotatable bonds is 3. The lowest BCUT2D eigenvalue weighted by Gasteiger charge is -2.33. The number of carbonyl (C=O) groups excluding carboxylic acids is 3. The van der Waals surface area contributed by atoms with Crippen molar-refractivity contribution < 1.29 is 19.1 Å². The van der Waals surface area contributed by atoms with Gasteiger partial charge >= 0.3 is 6.09 Å². The topological polar surface area (TPSA) is 95.9 Å². The van der Waals surface area contributed by atoms with Gasteiger partial charge < -0.3 is 14.5 Å². The monoisotopic (exact) mass is 451 g/mol. The first kappa shape index (κ1) is 20.2. The Bertz CT molecular complexity index is 1230. The molecule has 0 N–H and O–H groups in total. The van der Waals surface area contributed by atoms with Gasteiger partial charge in [-0.25, -0.2) is 14.8 Å². The number of aromatic nitrogens is 2. The summed E-state index contributed by atoms with van der Waals surface area (Å²) in [5.41, 5.74) is 1.41. The van der Waals surface area contributed by atoms with E-state index in [4.69, 9.17) is 16.3 Å². The fourth-order valence-corrected chi connectivity index (χ4v) is 4.05. The second-order valence-electron chi connectivity index (χ2n) is 7.48. The highest BCUT2D eigenvalue weighted by Crippen LogP contribution is 2.38. The molecule has 2 aromatic heterocycles. The lowest BCUT2D eigenvalue weighted by molar-refractivity contribution is -0.119. The Morgan fingerprint density at radius 2 is 1.78 bits per heavy atom. The third-order valence-corrected chi connectivity index (χ3v) is 5.81. The molecule has 2 aliphatic heterocycles. The van der Waals surface area contributed by atoms with E-state index in [2.05, 4.69) is 9.97 Å². The van der Waals surface area contributed by atoms with Crippen LogP contribution in [0.1, 0.15) is 22.1 Å². The first-order chi connectivity index (χ1) is 15.5. The van der Waals surface area contributed by atoms with Crippen LogP contribution in [-0.2, 0) is 9.53 Å². The molecule has 2 aliphatic rings. The molecule has 9 nitrogen and oxygen atoms in total. The largest absolute Gasteiger partial charge is 0.420 e. The van der Waals surface area contributed by atoms with Gasteiger partial charge in [0.15, 0.2) is 5.65 Å². The summed E-state index contributed by atoms with van der Waals surface area (Å²) in [6.45, 7) is 1.58. The number of anilines is 1. The second kappa shape index (κ2) is 8.08. The van der Waals surface area contributed by atoms with E-state index >= 15 is 0 Å². The average Bonchev–Trinajstić information content (AvgIpc) is 3.10. The van der Waals surface area contributed by atoms with Crippen molar-refractivity contribution in [2.45, 2.75) is 6.23 Å². The Labute approximate surface area is 188 Å². The van der Waals surface area contributed by atoms with Crippen LogP contribution in [0.25, 0.3) is 11.0 Å². The summed E-state index contributed by atoms with van der Waals surface area (Å²) in [4.78, 5) is 50.3. The van der Waals surface area contributed by atoms with Crippen molar-refractivity contribution in [3.63, 3.8) is 0 Å². The van der Waals surface area contributed by atoms with Crippen LogP contribution in [0.15, 0.2) is 48.5 Å². The van der Waals surface area contributed by atoms with E-state index in [0.717, 1.165) is 11.8 Å². The normalized spacial score (nSPS) is 18.1. The molecule has 1 fully saturated rings. The van der Waals surface area contributed by atoms with Gasteiger partial charge in [0.1, 0.15) is 11.0 Å². The van der Waals surface area contributed by atoms with Crippen LogP contribution < -0.4 is 4.90 Å². The maximum Gasteiger partial charge on any atom is 0.412 e. The number of benzene rings is 1. The van der Waals surface area contributed by atoms with Crippen LogP contribution >= 0.6 is 11.6 Å². The smallest absolute Gasteiger partial charge is 0.412 e. The number of pyridine rings is 2. The van der Waals surface area contributed by atoms with Crippen LogP contribution in [0.3, 0.4) is 0 Å². The SMILES string of the molecule is O=CN1CCN(C(=O)OC2c3ccccc3C(=O)N2c2ccc3ccc(Cl)nc3n2)CC1. The number of hydrogen-bond donors (Lipinski definition) is 0. The average molecular weight is 452 g/mol. The van der Waals surface area contributed by atoms with Crippen molar-refractivity contribution >= 4 is 46.9 Å². The van der Waals surface area contributed by atoms with E-state index in [-0.39, 0.29) is 11.1 Å². The fourth-order valence-electron chi connectivity index (χ4n) is 3.90. The number of halogens is 1. The van der Waals surface area contributed by atoms with Crippen LogP contribution in [0.4, 0.5) is 10.6 Å². The Hall–Kier alpha value is -3.72. The Morgan fingerprint density at radius 1 is 1.03 bits per heavy atom. The summed E-state index contributed by atoms with van der Waals surface area (Å²) in [6.07, 6.45) is -0.765. The third kappa shape index (κ3) is 3.50. The van der Waals surface area contributed by atoms with E-state index < -0.39 is 12.3 Å². The molecule has 162 valence electrons. The molecule has 0 bridgehead atoms. The van der Waals surface area contributed by atoms with Gasteiger partial charge in [-0.15, -0.1) is 0 Å². The van der Waals surface area contributed by atoms with Gasteiger partial charge in [-0.1, -0.05) is 29.8 Å². The molecule has 32 heavy (non-hydrogen) atoms. The lowest BCUT2D eigenvalue weighted by atomic mass is 10.1. The van der Waals surface area contributed by atoms with Gasteiger partial charge in [-0.2, -0.15) is 0 Å². The first-order valence-electron chi connectivity index (χ1n) is 10.1. The molecule has 3 aromatic rings. The van der Waals surface area contributed by atoms with Gasteiger partial charge in [0, 0.05) is 42.7 Å². The van der Waals surface area contributed by atoms with Crippen LogP contribution in [-0.4, -0.2) is 64.4 Å². The lowest BCUT2D eigenvalue weighted by Crippen LogP contribution is -2.49. The minimum Gasteiger partial charge on any atom is -0.420 e. The number of amides is 3. The summed E-state index contributed by atoms with van der Waals surface area (Å²) >= 11 is 6.00. The third-order valence-electron chi connectivity index (χ3n) is 5.60. The zero-order chi connectivity index (χ0) is 22.2. The molecular weight excluding hydrogens is 434 g/mol. The van der Waals surface area contributed by atoms with E-state index in [1.807, 2.05) is 0 Å². The van der Waals surface area contributed by atoms with Crippen molar-refractivity contribution in [1.29, 1.82) is 0 Å². The van der Waals surface area contributed by atoms with Gasteiger partial charge in [0.25, 0.3) is 5.91 Å². The summed E-state index contributed by atoms with van der Waals surface area (Å²) in [7, 11) is 0.